The van der Waals surface area contributed by atoms with E-state index in [1.165, 1.54) is 11.8 Å². The molecule has 140 valence electrons. The standard InChI is InChI=1S/C19H16ClN7S/c20-13-5-4-8-15(11-13)27-10-9-22-19(27)28-12-16-24-17(21)26-18(25-16)23-14-6-2-1-3-7-14/h1-11H,12H2,(H3,21,23,24,25,26). The first-order chi connectivity index (χ1) is 13.7. The van der Waals surface area contributed by atoms with Gasteiger partial charge in [-0.25, -0.2) is 4.98 Å². The number of anilines is 3. The number of hydrogen-bond donors (Lipinski definition) is 2. The van der Waals surface area contributed by atoms with E-state index in [4.69, 9.17) is 17.3 Å². The maximum Gasteiger partial charge on any atom is 0.232 e. The minimum Gasteiger partial charge on any atom is -0.368 e. The van der Waals surface area contributed by atoms with Crippen LogP contribution in [0.4, 0.5) is 17.6 Å². The lowest BCUT2D eigenvalue weighted by atomic mass is 10.3. The molecule has 4 aromatic rings. The molecule has 0 saturated carbocycles. The molecular weight excluding hydrogens is 394 g/mol. The summed E-state index contributed by atoms with van der Waals surface area (Å²) in [4.78, 5) is 17.2. The molecule has 0 aliphatic heterocycles. The van der Waals surface area contributed by atoms with E-state index >= 15 is 0 Å². The van der Waals surface area contributed by atoms with Crippen LogP contribution >= 0.6 is 23.4 Å². The molecule has 0 aliphatic rings. The minimum atomic E-state index is 0.169. The van der Waals surface area contributed by atoms with E-state index in [1.54, 1.807) is 6.20 Å². The fourth-order valence-electron chi connectivity index (χ4n) is 2.56. The molecule has 7 nitrogen and oxygen atoms in total. The van der Waals surface area contributed by atoms with Crippen LogP contribution in [0.15, 0.2) is 72.1 Å². The fraction of sp³-hybridized carbons (Fsp3) is 0.0526. The molecule has 0 aliphatic carbocycles. The Morgan fingerprint density at radius 1 is 1.04 bits per heavy atom. The van der Waals surface area contributed by atoms with Crippen LogP contribution in [0.5, 0.6) is 0 Å². The summed E-state index contributed by atoms with van der Waals surface area (Å²) in [7, 11) is 0. The highest BCUT2D eigenvalue weighted by Gasteiger charge is 2.10. The van der Waals surface area contributed by atoms with Crippen LogP contribution in [0.1, 0.15) is 5.82 Å². The van der Waals surface area contributed by atoms with Gasteiger partial charge in [0.15, 0.2) is 5.16 Å². The van der Waals surface area contributed by atoms with Crippen molar-refractivity contribution in [2.24, 2.45) is 0 Å². The third-order valence-corrected chi connectivity index (χ3v) is 4.95. The number of imidazole rings is 1. The zero-order valence-electron chi connectivity index (χ0n) is 14.7. The molecule has 4 rings (SSSR count). The van der Waals surface area contributed by atoms with Crippen LogP contribution in [0.2, 0.25) is 5.02 Å². The van der Waals surface area contributed by atoms with Crippen LogP contribution in [0, 0.1) is 0 Å². The summed E-state index contributed by atoms with van der Waals surface area (Å²) in [6.45, 7) is 0. The van der Waals surface area contributed by atoms with Gasteiger partial charge in [0, 0.05) is 28.8 Å². The van der Waals surface area contributed by atoms with E-state index < -0.39 is 0 Å². The summed E-state index contributed by atoms with van der Waals surface area (Å²) >= 11 is 7.60. The lowest BCUT2D eigenvalue weighted by molar-refractivity contribution is 0.891. The Kier molecular flexibility index (Phi) is 5.41. The van der Waals surface area contributed by atoms with Gasteiger partial charge in [0.25, 0.3) is 0 Å². The molecule has 0 amide bonds. The maximum atomic E-state index is 6.10. The SMILES string of the molecule is Nc1nc(CSc2nccn2-c2cccc(Cl)c2)nc(Nc2ccccc2)n1. The summed E-state index contributed by atoms with van der Waals surface area (Å²) < 4.78 is 1.96. The van der Waals surface area contributed by atoms with Gasteiger partial charge in [-0.3, -0.25) is 4.57 Å². The highest BCUT2D eigenvalue weighted by molar-refractivity contribution is 7.98. The predicted molar refractivity (Wildman–Crippen MR) is 112 cm³/mol. The van der Waals surface area contributed by atoms with E-state index in [2.05, 4.69) is 25.3 Å². The number of hydrogen-bond acceptors (Lipinski definition) is 7. The van der Waals surface area contributed by atoms with Crippen LogP contribution < -0.4 is 11.1 Å². The van der Waals surface area contributed by atoms with E-state index in [1.807, 2.05) is 65.4 Å². The van der Waals surface area contributed by atoms with Crippen LogP contribution in [-0.2, 0) is 5.75 Å². The Bertz CT molecular complexity index is 1080. The predicted octanol–water partition coefficient (Wildman–Crippen LogP) is 4.33. The van der Waals surface area contributed by atoms with Crippen molar-refractivity contribution in [1.29, 1.82) is 0 Å². The Morgan fingerprint density at radius 2 is 1.89 bits per heavy atom. The van der Waals surface area contributed by atoms with Gasteiger partial charge in [-0.15, -0.1) is 0 Å². The molecule has 28 heavy (non-hydrogen) atoms. The van der Waals surface area contributed by atoms with Crippen LogP contribution in [0.3, 0.4) is 0 Å². The van der Waals surface area contributed by atoms with Gasteiger partial charge in [-0.2, -0.15) is 15.0 Å². The van der Waals surface area contributed by atoms with Crippen molar-refractivity contribution in [3.8, 4) is 5.69 Å². The largest absolute Gasteiger partial charge is 0.368 e. The third-order valence-electron chi connectivity index (χ3n) is 3.75. The van der Waals surface area contributed by atoms with Crippen molar-refractivity contribution in [2.45, 2.75) is 10.9 Å². The number of nitrogens with one attached hydrogen (secondary N) is 1. The quantitative estimate of drug-likeness (QED) is 0.457. The van der Waals surface area contributed by atoms with E-state index in [0.29, 0.717) is 22.5 Å². The molecule has 0 saturated heterocycles. The summed E-state index contributed by atoms with van der Waals surface area (Å²) in [6.07, 6.45) is 3.63. The Morgan fingerprint density at radius 3 is 2.71 bits per heavy atom. The smallest absolute Gasteiger partial charge is 0.232 e. The van der Waals surface area contributed by atoms with Crippen molar-refractivity contribution < 1.29 is 0 Å². The average molecular weight is 410 g/mol. The molecule has 3 N–H and O–H groups in total. The van der Waals surface area contributed by atoms with Gasteiger partial charge < -0.3 is 11.1 Å². The fourth-order valence-corrected chi connectivity index (χ4v) is 3.57. The Balaban J connectivity index is 1.51. The van der Waals surface area contributed by atoms with Crippen molar-refractivity contribution >= 4 is 40.9 Å². The highest BCUT2D eigenvalue weighted by atomic mass is 35.5. The number of para-hydroxylation sites is 1. The van der Waals surface area contributed by atoms with Crippen LogP contribution in [0.25, 0.3) is 5.69 Å². The third kappa shape index (κ3) is 4.41. The minimum absolute atomic E-state index is 0.169. The van der Waals surface area contributed by atoms with Gasteiger partial charge in [0.2, 0.25) is 11.9 Å². The Hall–Kier alpha value is -3.10. The number of nitrogen functional groups attached to an aromatic ring is 1. The maximum absolute atomic E-state index is 6.10. The first kappa shape index (κ1) is 18.3. The summed E-state index contributed by atoms with van der Waals surface area (Å²) in [6, 6.07) is 17.3. The summed E-state index contributed by atoms with van der Waals surface area (Å²) in [5, 5.41) is 4.61. The summed E-state index contributed by atoms with van der Waals surface area (Å²) in [5.74, 6) is 1.64. The number of benzene rings is 2. The number of halogens is 1. The van der Waals surface area contributed by atoms with Crippen molar-refractivity contribution in [2.75, 3.05) is 11.1 Å². The molecule has 2 heterocycles. The monoisotopic (exact) mass is 409 g/mol. The number of thioether (sulfide) groups is 1. The topological polar surface area (TPSA) is 94.5 Å². The molecule has 0 spiro atoms. The lowest BCUT2D eigenvalue weighted by Crippen LogP contribution is -2.06. The van der Waals surface area contributed by atoms with Gasteiger partial charge in [0.1, 0.15) is 5.82 Å². The molecular formula is C19H16ClN7S. The second-order valence-corrected chi connectivity index (χ2v) is 7.15. The summed E-state index contributed by atoms with van der Waals surface area (Å²) in [5.41, 5.74) is 7.67. The number of aromatic nitrogens is 5. The second-order valence-electron chi connectivity index (χ2n) is 5.77. The molecule has 9 heteroatoms. The molecule has 0 atom stereocenters. The highest BCUT2D eigenvalue weighted by Crippen LogP contribution is 2.25. The molecule has 0 radical (unpaired) electrons. The van der Waals surface area contributed by atoms with E-state index in [0.717, 1.165) is 16.5 Å². The van der Waals surface area contributed by atoms with Crippen LogP contribution in [-0.4, -0.2) is 24.5 Å². The van der Waals surface area contributed by atoms with Crippen molar-refractivity contribution in [3.63, 3.8) is 0 Å². The normalized spacial score (nSPS) is 10.8. The molecule has 0 bridgehead atoms. The van der Waals surface area contributed by atoms with E-state index in [-0.39, 0.29) is 5.95 Å². The van der Waals surface area contributed by atoms with Gasteiger partial charge in [-0.05, 0) is 30.3 Å². The lowest BCUT2D eigenvalue weighted by Gasteiger charge is -2.09. The van der Waals surface area contributed by atoms with Gasteiger partial charge >= 0.3 is 0 Å². The number of nitrogens with zero attached hydrogens (tertiary/aromatic N) is 5. The number of rotatable bonds is 6. The van der Waals surface area contributed by atoms with Crippen molar-refractivity contribution in [1.82, 2.24) is 24.5 Å². The average Bonchev–Trinajstić information content (AvgIpc) is 3.15. The first-order valence-electron chi connectivity index (χ1n) is 8.42. The van der Waals surface area contributed by atoms with Gasteiger partial charge in [0.05, 0.1) is 5.75 Å². The molecule has 0 unspecified atom stereocenters. The van der Waals surface area contributed by atoms with Gasteiger partial charge in [-0.1, -0.05) is 47.6 Å². The van der Waals surface area contributed by atoms with Crippen molar-refractivity contribution in [3.05, 3.63) is 77.8 Å². The zero-order valence-corrected chi connectivity index (χ0v) is 16.2. The molecule has 2 aromatic heterocycles. The zero-order chi connectivity index (χ0) is 19.3. The molecule has 0 fully saturated rings. The van der Waals surface area contributed by atoms with E-state index in [9.17, 15) is 0 Å². The first-order valence-corrected chi connectivity index (χ1v) is 9.78. The Labute approximate surface area is 171 Å². The number of nitrogens with two attached hydrogens (primary N) is 1. The molecule has 2 aromatic carbocycles. The second kappa shape index (κ2) is 8.28.